The topological polar surface area (TPSA) is 91.7 Å². The standard InChI is InChI=1S/C14H12BF3N2O4/c1-8-12(24-15(22)23)6-11(7-19-8)20-13(21)9-3-2-4-10(5-9)14(16,17)18/h2-7,22-23H,1H3,(H,20,21). The molecule has 0 bridgehead atoms. The molecule has 1 amide bonds. The smallest absolute Gasteiger partial charge is 0.510 e. The van der Waals surface area contributed by atoms with Gasteiger partial charge in [-0.3, -0.25) is 9.78 Å². The van der Waals surface area contributed by atoms with E-state index >= 15 is 0 Å². The number of nitrogens with zero attached hydrogens (tertiary/aromatic N) is 1. The van der Waals surface area contributed by atoms with E-state index in [1.165, 1.54) is 25.3 Å². The Hall–Kier alpha value is -2.59. The maximum absolute atomic E-state index is 12.7. The third kappa shape index (κ3) is 4.46. The molecule has 0 fully saturated rings. The van der Waals surface area contributed by atoms with Gasteiger partial charge in [0.1, 0.15) is 5.75 Å². The molecule has 0 saturated carbocycles. The highest BCUT2D eigenvalue weighted by Crippen LogP contribution is 2.29. The number of pyridine rings is 1. The van der Waals surface area contributed by atoms with E-state index in [0.29, 0.717) is 5.69 Å². The lowest BCUT2D eigenvalue weighted by atomic mass is 10.1. The van der Waals surface area contributed by atoms with Crippen LogP contribution in [0.2, 0.25) is 0 Å². The molecular weight excluding hydrogens is 328 g/mol. The number of carbonyl (C=O) groups is 1. The Labute approximate surface area is 135 Å². The minimum atomic E-state index is -4.56. The molecule has 0 unspecified atom stereocenters. The second-order valence-corrected chi connectivity index (χ2v) is 4.78. The van der Waals surface area contributed by atoms with E-state index in [0.717, 1.165) is 18.2 Å². The van der Waals surface area contributed by atoms with E-state index in [1.807, 2.05) is 0 Å². The van der Waals surface area contributed by atoms with Crippen molar-refractivity contribution in [3.05, 3.63) is 53.3 Å². The van der Waals surface area contributed by atoms with E-state index < -0.39 is 25.0 Å². The highest BCUT2D eigenvalue weighted by Gasteiger charge is 2.30. The van der Waals surface area contributed by atoms with Crippen molar-refractivity contribution < 1.29 is 32.7 Å². The number of hydrogen-bond donors (Lipinski definition) is 3. The molecule has 0 spiro atoms. The van der Waals surface area contributed by atoms with Crippen molar-refractivity contribution in [2.45, 2.75) is 13.1 Å². The SMILES string of the molecule is Cc1ncc(NC(=O)c2cccc(C(F)(F)F)c2)cc1OB(O)O. The summed E-state index contributed by atoms with van der Waals surface area (Å²) in [7, 11) is -2.07. The number of aryl methyl sites for hydroxylation is 1. The summed E-state index contributed by atoms with van der Waals surface area (Å²) < 4.78 is 42.7. The molecule has 0 atom stereocenters. The molecule has 2 aromatic rings. The molecule has 0 aliphatic heterocycles. The van der Waals surface area contributed by atoms with Crippen LogP contribution in [0.3, 0.4) is 0 Å². The number of carbonyl (C=O) groups excluding carboxylic acids is 1. The lowest BCUT2D eigenvalue weighted by Gasteiger charge is -2.11. The number of rotatable bonds is 4. The van der Waals surface area contributed by atoms with Crippen LogP contribution in [0.4, 0.5) is 18.9 Å². The van der Waals surface area contributed by atoms with Crippen LogP contribution in [0.25, 0.3) is 0 Å². The van der Waals surface area contributed by atoms with Gasteiger partial charge in [0.15, 0.2) is 0 Å². The maximum atomic E-state index is 12.7. The molecule has 0 radical (unpaired) electrons. The number of alkyl halides is 3. The van der Waals surface area contributed by atoms with Crippen LogP contribution in [0.5, 0.6) is 5.75 Å². The van der Waals surface area contributed by atoms with Gasteiger partial charge in [-0.05, 0) is 25.1 Å². The zero-order valence-electron chi connectivity index (χ0n) is 12.3. The zero-order valence-corrected chi connectivity index (χ0v) is 12.3. The van der Waals surface area contributed by atoms with E-state index in [1.54, 1.807) is 0 Å². The average molecular weight is 340 g/mol. The highest BCUT2D eigenvalue weighted by molar-refractivity contribution is 6.33. The molecule has 0 saturated heterocycles. The number of aromatic nitrogens is 1. The predicted molar refractivity (Wildman–Crippen MR) is 79.2 cm³/mol. The maximum Gasteiger partial charge on any atom is 0.707 e. The van der Waals surface area contributed by atoms with E-state index in [4.69, 9.17) is 10.0 Å². The van der Waals surface area contributed by atoms with Crippen molar-refractivity contribution in [3.63, 3.8) is 0 Å². The summed E-state index contributed by atoms with van der Waals surface area (Å²) >= 11 is 0. The lowest BCUT2D eigenvalue weighted by Crippen LogP contribution is -2.21. The first-order valence-electron chi connectivity index (χ1n) is 6.65. The second kappa shape index (κ2) is 6.89. The van der Waals surface area contributed by atoms with Gasteiger partial charge in [0.05, 0.1) is 23.1 Å². The van der Waals surface area contributed by atoms with Gasteiger partial charge in [0.2, 0.25) is 0 Å². The van der Waals surface area contributed by atoms with E-state index in [2.05, 4.69) is 15.0 Å². The van der Waals surface area contributed by atoms with Crippen LogP contribution >= 0.6 is 0 Å². The summed E-state index contributed by atoms with van der Waals surface area (Å²) in [5.41, 5.74) is -0.668. The van der Waals surface area contributed by atoms with Gasteiger partial charge in [-0.1, -0.05) is 6.07 Å². The number of nitrogens with one attached hydrogen (secondary N) is 1. The molecule has 1 aromatic carbocycles. The Morgan fingerprint density at radius 2 is 2.00 bits per heavy atom. The van der Waals surface area contributed by atoms with Crippen molar-refractivity contribution in [3.8, 4) is 5.75 Å². The Morgan fingerprint density at radius 1 is 1.29 bits per heavy atom. The van der Waals surface area contributed by atoms with Gasteiger partial charge >= 0.3 is 13.5 Å². The Balaban J connectivity index is 2.21. The number of halogens is 3. The Kier molecular flexibility index (Phi) is 5.10. The van der Waals surface area contributed by atoms with Crippen molar-refractivity contribution in [2.75, 3.05) is 5.32 Å². The third-order valence-corrected chi connectivity index (χ3v) is 2.98. The summed E-state index contributed by atoms with van der Waals surface area (Å²) in [4.78, 5) is 16.0. The molecule has 3 N–H and O–H groups in total. The van der Waals surface area contributed by atoms with Crippen molar-refractivity contribution in [1.82, 2.24) is 4.98 Å². The predicted octanol–water partition coefficient (Wildman–Crippen LogP) is 2.01. The van der Waals surface area contributed by atoms with E-state index in [-0.39, 0.29) is 17.0 Å². The van der Waals surface area contributed by atoms with Crippen LogP contribution in [0.1, 0.15) is 21.6 Å². The quantitative estimate of drug-likeness (QED) is 0.741. The number of benzene rings is 1. The summed E-state index contributed by atoms with van der Waals surface area (Å²) in [6, 6.07) is 5.22. The fraction of sp³-hybridized carbons (Fsp3) is 0.143. The van der Waals surface area contributed by atoms with Crippen LogP contribution in [-0.4, -0.2) is 28.3 Å². The lowest BCUT2D eigenvalue weighted by molar-refractivity contribution is -0.137. The summed E-state index contributed by atoms with van der Waals surface area (Å²) in [6.07, 6.45) is -3.29. The first kappa shape index (κ1) is 17.8. The fourth-order valence-corrected chi connectivity index (χ4v) is 1.85. The first-order chi connectivity index (χ1) is 11.2. The highest BCUT2D eigenvalue weighted by atomic mass is 19.4. The van der Waals surface area contributed by atoms with Crippen LogP contribution in [-0.2, 0) is 6.18 Å². The normalized spacial score (nSPS) is 11.1. The van der Waals surface area contributed by atoms with E-state index in [9.17, 15) is 18.0 Å². The van der Waals surface area contributed by atoms with Crippen LogP contribution < -0.4 is 9.97 Å². The number of hydrogen-bond acceptors (Lipinski definition) is 5. The minimum Gasteiger partial charge on any atom is -0.510 e. The van der Waals surface area contributed by atoms with Crippen molar-refractivity contribution >= 4 is 18.9 Å². The van der Waals surface area contributed by atoms with Gasteiger partial charge in [0, 0.05) is 11.6 Å². The zero-order chi connectivity index (χ0) is 17.9. The minimum absolute atomic E-state index is 0.00634. The molecule has 0 aliphatic rings. The molecule has 6 nitrogen and oxygen atoms in total. The molecule has 0 aliphatic carbocycles. The van der Waals surface area contributed by atoms with Gasteiger partial charge < -0.3 is 20.0 Å². The summed E-state index contributed by atoms with van der Waals surface area (Å²) in [6.45, 7) is 1.54. The molecule has 126 valence electrons. The van der Waals surface area contributed by atoms with Gasteiger partial charge in [-0.2, -0.15) is 13.2 Å². The molecule has 1 heterocycles. The largest absolute Gasteiger partial charge is 0.707 e. The molecule has 10 heteroatoms. The van der Waals surface area contributed by atoms with Crippen LogP contribution in [0.15, 0.2) is 36.5 Å². The monoisotopic (exact) mass is 340 g/mol. The molecule has 2 rings (SSSR count). The third-order valence-electron chi connectivity index (χ3n) is 2.98. The van der Waals surface area contributed by atoms with Gasteiger partial charge in [-0.25, -0.2) is 0 Å². The van der Waals surface area contributed by atoms with Crippen molar-refractivity contribution in [2.24, 2.45) is 0 Å². The molecular formula is C14H12BF3N2O4. The van der Waals surface area contributed by atoms with Crippen molar-refractivity contribution in [1.29, 1.82) is 0 Å². The summed E-state index contributed by atoms with van der Waals surface area (Å²) in [5.74, 6) is -0.769. The first-order valence-corrected chi connectivity index (χ1v) is 6.65. The van der Waals surface area contributed by atoms with Gasteiger partial charge in [0.25, 0.3) is 5.91 Å². The average Bonchev–Trinajstić information content (AvgIpc) is 2.49. The fourth-order valence-electron chi connectivity index (χ4n) is 1.85. The number of amides is 1. The summed E-state index contributed by atoms with van der Waals surface area (Å²) in [5, 5.41) is 20.0. The van der Waals surface area contributed by atoms with Gasteiger partial charge in [-0.15, -0.1) is 0 Å². The Morgan fingerprint density at radius 3 is 2.62 bits per heavy atom. The van der Waals surface area contributed by atoms with Crippen LogP contribution in [0, 0.1) is 6.92 Å². The number of anilines is 1. The second-order valence-electron chi connectivity index (χ2n) is 4.78. The Bertz CT molecular complexity index is 753. The molecule has 1 aromatic heterocycles. The molecule has 24 heavy (non-hydrogen) atoms.